The van der Waals surface area contributed by atoms with E-state index < -0.39 is 22.2 Å². The average molecular weight is 442 g/mol. The Balaban J connectivity index is 1.39. The van der Waals surface area contributed by atoms with Crippen molar-refractivity contribution in [3.05, 3.63) is 72.8 Å². The molecule has 1 N–H and O–H groups in total. The second kappa shape index (κ2) is 9.29. The van der Waals surface area contributed by atoms with Gasteiger partial charge in [-0.2, -0.15) is 5.10 Å². The molecule has 1 aliphatic rings. The molecule has 0 aliphatic carbocycles. The number of amides is 1. The molecule has 10 heteroatoms. The van der Waals surface area contributed by atoms with E-state index in [1.54, 1.807) is 41.3 Å². The highest BCUT2D eigenvalue weighted by Gasteiger charge is 2.17. The second-order valence-electron chi connectivity index (χ2n) is 6.94. The van der Waals surface area contributed by atoms with Gasteiger partial charge >= 0.3 is 0 Å². The van der Waals surface area contributed by atoms with E-state index in [-0.39, 0.29) is 4.90 Å². The van der Waals surface area contributed by atoms with Crippen LogP contribution < -0.4 is 5.48 Å². The van der Waals surface area contributed by atoms with Crippen LogP contribution in [-0.2, 0) is 24.4 Å². The fraction of sp³-hybridized carbons (Fsp3) is 0.238. The molecule has 2 aromatic heterocycles. The van der Waals surface area contributed by atoms with E-state index in [1.165, 1.54) is 36.7 Å². The molecule has 9 nitrogen and oxygen atoms in total. The zero-order chi connectivity index (χ0) is 21.7. The number of hydrogen-bond donors (Lipinski definition) is 1. The molecule has 162 valence electrons. The van der Waals surface area contributed by atoms with Gasteiger partial charge in [0.15, 0.2) is 6.29 Å². The van der Waals surface area contributed by atoms with Crippen LogP contribution in [0.2, 0.25) is 0 Å². The molecule has 31 heavy (non-hydrogen) atoms. The van der Waals surface area contributed by atoms with Gasteiger partial charge in [-0.25, -0.2) is 27.4 Å². The fourth-order valence-corrected chi connectivity index (χ4v) is 4.29. The van der Waals surface area contributed by atoms with Gasteiger partial charge in [0, 0.05) is 43.9 Å². The monoisotopic (exact) mass is 442 g/mol. The third kappa shape index (κ3) is 5.10. The summed E-state index contributed by atoms with van der Waals surface area (Å²) >= 11 is 0. The Morgan fingerprint density at radius 3 is 2.74 bits per heavy atom. The molecular formula is C21H22N4O5S. The van der Waals surface area contributed by atoms with Crippen molar-refractivity contribution in [2.75, 3.05) is 6.61 Å². The number of hydrogen-bond acceptors (Lipinski definition) is 6. The van der Waals surface area contributed by atoms with Gasteiger partial charge in [0.2, 0.25) is 0 Å². The zero-order valence-corrected chi connectivity index (χ0v) is 17.4. The number of ether oxygens (including phenoxy) is 1. The quantitative estimate of drug-likeness (QED) is 0.445. The van der Waals surface area contributed by atoms with E-state index in [9.17, 15) is 13.2 Å². The second-order valence-corrected chi connectivity index (χ2v) is 8.78. The predicted octanol–water partition coefficient (Wildman–Crippen LogP) is 2.50. The van der Waals surface area contributed by atoms with Crippen molar-refractivity contribution in [3.8, 4) is 5.69 Å². The minimum atomic E-state index is -3.76. The lowest BCUT2D eigenvalue weighted by molar-refractivity contribution is -0.198. The smallest absolute Gasteiger partial charge is 0.267 e. The van der Waals surface area contributed by atoms with Crippen molar-refractivity contribution in [1.82, 2.24) is 19.2 Å². The third-order valence-corrected chi connectivity index (χ3v) is 6.38. The maximum absolute atomic E-state index is 12.9. The number of nitrogens with one attached hydrogen (secondary N) is 1. The number of hydroxylamine groups is 1. The van der Waals surface area contributed by atoms with Crippen LogP contribution in [0.1, 0.15) is 24.8 Å². The highest BCUT2D eigenvalue weighted by Crippen LogP contribution is 2.18. The van der Waals surface area contributed by atoms with Gasteiger partial charge in [0.1, 0.15) is 0 Å². The first-order chi connectivity index (χ1) is 15.0. The van der Waals surface area contributed by atoms with Gasteiger partial charge < -0.3 is 4.74 Å². The largest absolute Gasteiger partial charge is 0.350 e. The molecule has 1 fully saturated rings. The Kier molecular flexibility index (Phi) is 6.31. The van der Waals surface area contributed by atoms with E-state index >= 15 is 0 Å². The van der Waals surface area contributed by atoms with Gasteiger partial charge in [-0.05, 0) is 60.9 Å². The number of rotatable bonds is 7. The predicted molar refractivity (Wildman–Crippen MR) is 112 cm³/mol. The van der Waals surface area contributed by atoms with E-state index in [0.29, 0.717) is 12.2 Å². The Bertz CT molecular complexity index is 1140. The fourth-order valence-electron chi connectivity index (χ4n) is 3.09. The summed E-state index contributed by atoms with van der Waals surface area (Å²) in [6.07, 6.45) is 11.3. The summed E-state index contributed by atoms with van der Waals surface area (Å²) in [5, 5.41) is 4.12. The first kappa shape index (κ1) is 21.0. The summed E-state index contributed by atoms with van der Waals surface area (Å²) in [6, 6.07) is 9.81. The lowest BCUT2D eigenvalue weighted by atomic mass is 10.2. The first-order valence-electron chi connectivity index (χ1n) is 9.81. The van der Waals surface area contributed by atoms with Crippen LogP contribution in [-0.4, -0.2) is 41.0 Å². The van der Waals surface area contributed by atoms with Crippen molar-refractivity contribution < 1.29 is 22.8 Å². The van der Waals surface area contributed by atoms with E-state index in [2.05, 4.69) is 10.6 Å². The topological polar surface area (TPSA) is 104 Å². The molecule has 1 amide bonds. The molecule has 1 saturated heterocycles. The van der Waals surface area contributed by atoms with Crippen molar-refractivity contribution >= 4 is 22.0 Å². The molecule has 1 unspecified atom stereocenters. The molecule has 1 atom stereocenters. The number of benzene rings is 1. The lowest BCUT2D eigenvalue weighted by Gasteiger charge is -2.21. The Morgan fingerprint density at radius 1 is 1.19 bits per heavy atom. The van der Waals surface area contributed by atoms with Crippen LogP contribution >= 0.6 is 0 Å². The van der Waals surface area contributed by atoms with E-state index in [4.69, 9.17) is 9.57 Å². The number of carbonyl (C=O) groups is 1. The summed E-state index contributed by atoms with van der Waals surface area (Å²) in [7, 11) is -3.76. The first-order valence-corrected chi connectivity index (χ1v) is 11.3. The molecule has 0 saturated carbocycles. The van der Waals surface area contributed by atoms with Crippen molar-refractivity contribution in [2.24, 2.45) is 0 Å². The number of nitrogens with zero attached hydrogens (tertiary/aromatic N) is 3. The molecule has 0 bridgehead atoms. The maximum Gasteiger partial charge on any atom is 0.267 e. The van der Waals surface area contributed by atoms with Crippen LogP contribution in [0.3, 0.4) is 0 Å². The van der Waals surface area contributed by atoms with Crippen LogP contribution in [0.4, 0.5) is 0 Å². The van der Waals surface area contributed by atoms with Gasteiger partial charge in [-0.3, -0.25) is 4.79 Å². The van der Waals surface area contributed by atoms with Crippen LogP contribution in [0.25, 0.3) is 11.8 Å². The third-order valence-electron chi connectivity index (χ3n) is 4.73. The summed E-state index contributed by atoms with van der Waals surface area (Å²) in [4.78, 5) is 17.3. The Morgan fingerprint density at radius 2 is 2.03 bits per heavy atom. The minimum absolute atomic E-state index is 0.146. The van der Waals surface area contributed by atoms with Crippen molar-refractivity contribution in [3.63, 3.8) is 0 Å². The SMILES string of the molecule is O=C(C=Cc1ccn(S(=O)(=O)c2ccc(-n3cccn3)cc2)c1)NOC1CCCCO1. The number of aromatic nitrogens is 3. The Labute approximate surface area is 179 Å². The molecule has 1 aliphatic heterocycles. The van der Waals surface area contributed by atoms with Crippen LogP contribution in [0, 0.1) is 0 Å². The maximum atomic E-state index is 12.9. The van der Waals surface area contributed by atoms with Gasteiger partial charge in [0.25, 0.3) is 15.9 Å². The molecule has 1 aromatic carbocycles. The zero-order valence-electron chi connectivity index (χ0n) is 16.6. The minimum Gasteiger partial charge on any atom is -0.350 e. The highest BCUT2D eigenvalue weighted by atomic mass is 32.2. The summed E-state index contributed by atoms with van der Waals surface area (Å²) in [6.45, 7) is 0.615. The van der Waals surface area contributed by atoms with E-state index in [1.807, 2.05) is 0 Å². The van der Waals surface area contributed by atoms with Gasteiger partial charge in [-0.1, -0.05) is 0 Å². The lowest BCUT2D eigenvalue weighted by Crippen LogP contribution is -2.32. The van der Waals surface area contributed by atoms with Gasteiger partial charge in [0.05, 0.1) is 10.6 Å². The Hall–Kier alpha value is -3.21. The molecule has 0 spiro atoms. The average Bonchev–Trinajstić information content (AvgIpc) is 3.50. The van der Waals surface area contributed by atoms with Crippen molar-refractivity contribution in [2.45, 2.75) is 30.4 Å². The van der Waals surface area contributed by atoms with E-state index in [0.717, 1.165) is 28.9 Å². The number of carbonyl (C=O) groups excluding carboxylic acids is 1. The summed E-state index contributed by atoms with van der Waals surface area (Å²) in [5.74, 6) is -0.459. The van der Waals surface area contributed by atoms with Crippen LogP contribution in [0.15, 0.2) is 72.2 Å². The normalized spacial score (nSPS) is 17.1. The highest BCUT2D eigenvalue weighted by molar-refractivity contribution is 7.90. The molecule has 3 heterocycles. The molecular weight excluding hydrogens is 420 g/mol. The summed E-state index contributed by atoms with van der Waals surface area (Å²) in [5.41, 5.74) is 3.63. The molecule has 3 aromatic rings. The molecule has 0 radical (unpaired) electrons. The van der Waals surface area contributed by atoms with Gasteiger partial charge in [-0.15, -0.1) is 0 Å². The summed E-state index contributed by atoms with van der Waals surface area (Å²) < 4.78 is 33.8. The van der Waals surface area contributed by atoms with Crippen LogP contribution in [0.5, 0.6) is 0 Å². The standard InChI is InChI=1S/C21H22N4O5S/c26-20(23-30-21-4-1-2-15-29-21)10-5-17-11-14-24(16-17)31(27,28)19-8-6-18(7-9-19)25-13-3-12-22-25/h3,5-14,16,21H,1-2,4,15H2,(H,23,26). The van der Waals surface area contributed by atoms with Crippen molar-refractivity contribution in [1.29, 1.82) is 0 Å². The molecule has 4 rings (SSSR count).